The quantitative estimate of drug-likeness (QED) is 0.184. The van der Waals surface area contributed by atoms with Gasteiger partial charge in [0.15, 0.2) is 0 Å². The molecule has 0 atom stereocenters. The molecule has 0 aliphatic heterocycles. The molecule has 1 heterocycles. The third kappa shape index (κ3) is 4.06. The summed E-state index contributed by atoms with van der Waals surface area (Å²) in [4.78, 5) is 2.46. The van der Waals surface area contributed by atoms with E-state index in [0.29, 0.717) is 0 Å². The molecule has 0 unspecified atom stereocenters. The first kappa shape index (κ1) is 26.8. The Morgan fingerprint density at radius 3 is 1.73 bits per heavy atom. The smallest absolute Gasteiger partial charge is 0.143 e. The summed E-state index contributed by atoms with van der Waals surface area (Å²) in [6, 6.07) is 63.3. The first-order chi connectivity index (χ1) is 23.8. The maximum absolute atomic E-state index is 6.77. The minimum Gasteiger partial charge on any atom is -0.455 e. The summed E-state index contributed by atoms with van der Waals surface area (Å²) in [7, 11) is 0. The molecule has 0 N–H and O–H groups in total. The Kier molecular flexibility index (Phi) is 5.91. The zero-order valence-corrected chi connectivity index (χ0v) is 26.1. The fourth-order valence-electron chi connectivity index (χ4n) is 7.60. The largest absolute Gasteiger partial charge is 0.455 e. The lowest BCUT2D eigenvalue weighted by Gasteiger charge is -2.30. The zero-order chi connectivity index (χ0) is 31.6. The van der Waals surface area contributed by atoms with Crippen LogP contribution in [0.3, 0.4) is 0 Å². The number of furan rings is 1. The van der Waals surface area contributed by atoms with Gasteiger partial charge in [-0.05, 0) is 62.6 Å². The molecule has 0 aliphatic carbocycles. The Labute approximate surface area is 277 Å². The van der Waals surface area contributed by atoms with Gasteiger partial charge in [-0.2, -0.15) is 0 Å². The summed E-state index contributed by atoms with van der Waals surface area (Å²) >= 11 is 0. The molecular formula is C46H29NO. The molecule has 0 radical (unpaired) electrons. The molecule has 48 heavy (non-hydrogen) atoms. The topological polar surface area (TPSA) is 16.4 Å². The van der Waals surface area contributed by atoms with Gasteiger partial charge in [0.25, 0.3) is 0 Å². The molecule has 0 spiro atoms. The Hall–Kier alpha value is -6.38. The number of rotatable bonds is 4. The van der Waals surface area contributed by atoms with Gasteiger partial charge >= 0.3 is 0 Å². The summed E-state index contributed by atoms with van der Waals surface area (Å²) in [5.74, 6) is 0. The predicted octanol–water partition coefficient (Wildman–Crippen LogP) is 13.3. The number of anilines is 3. The third-order valence-corrected chi connectivity index (χ3v) is 9.79. The first-order valence-electron chi connectivity index (χ1n) is 16.4. The summed E-state index contributed by atoms with van der Waals surface area (Å²) in [5, 5.41) is 11.9. The minimum atomic E-state index is 0.900. The van der Waals surface area contributed by atoms with Crippen molar-refractivity contribution in [1.82, 2.24) is 0 Å². The molecule has 2 nitrogen and oxygen atoms in total. The van der Waals surface area contributed by atoms with E-state index in [4.69, 9.17) is 4.42 Å². The maximum Gasteiger partial charge on any atom is 0.143 e. The second-order valence-electron chi connectivity index (χ2n) is 12.5. The number of nitrogens with zero attached hydrogens (tertiary/aromatic N) is 1. The lowest BCUT2D eigenvalue weighted by molar-refractivity contribution is 0.670. The van der Waals surface area contributed by atoms with Gasteiger partial charge in [-0.3, -0.25) is 0 Å². The van der Waals surface area contributed by atoms with Crippen molar-refractivity contribution in [2.45, 2.75) is 0 Å². The molecule has 1 aromatic heterocycles. The SMILES string of the molecule is c1ccc(N(c2cccc3ccccc23)c2cc3ccccc3c3ccccc23)c(-c2cccc3c2oc2cc4ccccc4cc23)c1. The fourth-order valence-corrected chi connectivity index (χ4v) is 7.60. The van der Waals surface area contributed by atoms with Crippen LogP contribution < -0.4 is 4.90 Å². The van der Waals surface area contributed by atoms with Crippen molar-refractivity contribution in [2.24, 2.45) is 0 Å². The molecule has 0 bridgehead atoms. The van der Waals surface area contributed by atoms with Crippen molar-refractivity contribution in [3.05, 3.63) is 176 Å². The van der Waals surface area contributed by atoms with Crippen molar-refractivity contribution >= 4 is 82.1 Å². The zero-order valence-electron chi connectivity index (χ0n) is 26.1. The van der Waals surface area contributed by atoms with E-state index in [-0.39, 0.29) is 0 Å². The maximum atomic E-state index is 6.77. The molecule has 0 aliphatic rings. The normalized spacial score (nSPS) is 11.8. The molecule has 0 amide bonds. The highest BCUT2D eigenvalue weighted by atomic mass is 16.3. The van der Waals surface area contributed by atoms with Gasteiger partial charge in [0.05, 0.1) is 17.1 Å². The molecule has 0 fully saturated rings. The third-order valence-electron chi connectivity index (χ3n) is 9.79. The van der Waals surface area contributed by atoms with Gasteiger partial charge in [-0.1, -0.05) is 146 Å². The number of hydrogen-bond donors (Lipinski definition) is 0. The van der Waals surface area contributed by atoms with Gasteiger partial charge in [0, 0.05) is 32.7 Å². The lowest BCUT2D eigenvalue weighted by atomic mass is 9.96. The Morgan fingerprint density at radius 1 is 0.312 bits per heavy atom. The van der Waals surface area contributed by atoms with E-state index in [1.165, 1.54) is 43.1 Å². The van der Waals surface area contributed by atoms with Crippen molar-refractivity contribution in [2.75, 3.05) is 4.90 Å². The van der Waals surface area contributed by atoms with Gasteiger partial charge in [-0.15, -0.1) is 0 Å². The first-order valence-corrected chi connectivity index (χ1v) is 16.4. The van der Waals surface area contributed by atoms with Crippen molar-refractivity contribution in [1.29, 1.82) is 0 Å². The Morgan fingerprint density at radius 2 is 0.875 bits per heavy atom. The fraction of sp³-hybridized carbons (Fsp3) is 0. The van der Waals surface area contributed by atoms with Gasteiger partial charge < -0.3 is 9.32 Å². The number of para-hydroxylation sites is 2. The van der Waals surface area contributed by atoms with Crippen LogP contribution in [0.1, 0.15) is 0 Å². The molecule has 10 rings (SSSR count). The Bertz CT molecular complexity index is 2860. The van der Waals surface area contributed by atoms with E-state index >= 15 is 0 Å². The predicted molar refractivity (Wildman–Crippen MR) is 204 cm³/mol. The second-order valence-corrected chi connectivity index (χ2v) is 12.5. The van der Waals surface area contributed by atoms with Crippen LogP contribution in [0.15, 0.2) is 180 Å². The molecule has 2 heteroatoms. The van der Waals surface area contributed by atoms with Crippen LogP contribution in [-0.2, 0) is 0 Å². The van der Waals surface area contributed by atoms with E-state index < -0.39 is 0 Å². The number of hydrogen-bond acceptors (Lipinski definition) is 2. The highest BCUT2D eigenvalue weighted by molar-refractivity contribution is 6.17. The second kappa shape index (κ2) is 10.6. The van der Waals surface area contributed by atoms with Crippen LogP contribution in [0.4, 0.5) is 17.1 Å². The van der Waals surface area contributed by atoms with Crippen LogP contribution >= 0.6 is 0 Å². The Balaban J connectivity index is 1.30. The summed E-state index contributed by atoms with van der Waals surface area (Å²) in [5.41, 5.74) is 7.33. The molecule has 0 saturated carbocycles. The summed E-state index contributed by atoms with van der Waals surface area (Å²) < 4.78 is 6.77. The highest BCUT2D eigenvalue weighted by Gasteiger charge is 2.23. The monoisotopic (exact) mass is 611 g/mol. The van der Waals surface area contributed by atoms with Gasteiger partial charge in [0.1, 0.15) is 11.2 Å². The molecule has 224 valence electrons. The summed E-state index contributed by atoms with van der Waals surface area (Å²) in [6.45, 7) is 0. The van der Waals surface area contributed by atoms with Gasteiger partial charge in [0.2, 0.25) is 0 Å². The molecule has 0 saturated heterocycles. The van der Waals surface area contributed by atoms with E-state index in [9.17, 15) is 0 Å². The van der Waals surface area contributed by atoms with Crippen molar-refractivity contribution < 1.29 is 4.42 Å². The standard InChI is InChI=1S/C46H29NO/c1-2-15-32-29-45-41(27-31(32)14-1)40-24-12-23-39(46(40)48-45)38-22-9-10-25-43(38)47(42-26-11-17-30-13-3-6-19-35(30)42)44-28-33-16-4-5-18-34(33)36-20-7-8-21-37(36)44/h1-29H. The lowest BCUT2D eigenvalue weighted by Crippen LogP contribution is -2.12. The van der Waals surface area contributed by atoms with Gasteiger partial charge in [-0.25, -0.2) is 0 Å². The molecule has 10 aromatic rings. The van der Waals surface area contributed by atoms with Crippen molar-refractivity contribution in [3.8, 4) is 11.1 Å². The summed E-state index contributed by atoms with van der Waals surface area (Å²) in [6.07, 6.45) is 0. The number of benzene rings is 9. The van der Waals surface area contributed by atoms with Crippen LogP contribution in [0, 0.1) is 0 Å². The van der Waals surface area contributed by atoms with Crippen LogP contribution in [0.25, 0.3) is 76.2 Å². The van der Waals surface area contributed by atoms with E-state index in [1.54, 1.807) is 0 Å². The van der Waals surface area contributed by atoms with E-state index in [0.717, 1.165) is 50.1 Å². The number of fused-ring (bicyclic) bond motifs is 8. The average molecular weight is 612 g/mol. The van der Waals surface area contributed by atoms with E-state index in [1.807, 2.05) is 0 Å². The molecular weight excluding hydrogens is 583 g/mol. The molecule has 9 aromatic carbocycles. The minimum absolute atomic E-state index is 0.900. The van der Waals surface area contributed by atoms with Crippen LogP contribution in [0.2, 0.25) is 0 Å². The highest BCUT2D eigenvalue weighted by Crippen LogP contribution is 2.48. The van der Waals surface area contributed by atoms with Crippen LogP contribution in [0.5, 0.6) is 0 Å². The average Bonchev–Trinajstić information content (AvgIpc) is 3.52. The van der Waals surface area contributed by atoms with Crippen molar-refractivity contribution in [3.63, 3.8) is 0 Å². The van der Waals surface area contributed by atoms with Crippen LogP contribution in [-0.4, -0.2) is 0 Å². The van der Waals surface area contributed by atoms with E-state index in [2.05, 4.69) is 181 Å².